The van der Waals surface area contributed by atoms with Crippen LogP contribution in [0.4, 0.5) is 17.3 Å². The maximum atomic E-state index is 6.14. The first-order valence-corrected chi connectivity index (χ1v) is 7.04. The van der Waals surface area contributed by atoms with Crippen LogP contribution in [-0.2, 0) is 0 Å². The van der Waals surface area contributed by atoms with Gasteiger partial charge in [-0.25, -0.2) is 9.97 Å². The van der Waals surface area contributed by atoms with Crippen LogP contribution in [0, 0.1) is 6.92 Å². The second kappa shape index (κ2) is 6.29. The van der Waals surface area contributed by atoms with Crippen LogP contribution in [0.2, 0.25) is 10.0 Å². The molecule has 0 unspecified atom stereocenters. The minimum absolute atomic E-state index is 0.302. The van der Waals surface area contributed by atoms with E-state index in [-0.39, 0.29) is 0 Å². The maximum Gasteiger partial charge on any atom is 0.136 e. The van der Waals surface area contributed by atoms with Gasteiger partial charge >= 0.3 is 0 Å². The highest BCUT2D eigenvalue weighted by atomic mass is 35.5. The van der Waals surface area contributed by atoms with Crippen molar-refractivity contribution in [1.29, 1.82) is 0 Å². The van der Waals surface area contributed by atoms with E-state index in [1.165, 1.54) is 0 Å². The van der Waals surface area contributed by atoms with E-state index < -0.39 is 0 Å². The second-order valence-corrected chi connectivity index (χ2v) is 5.58. The summed E-state index contributed by atoms with van der Waals surface area (Å²) in [6.45, 7) is 5.96. The van der Waals surface area contributed by atoms with Gasteiger partial charge in [-0.05, 0) is 39.0 Å². The molecule has 0 spiro atoms. The van der Waals surface area contributed by atoms with Gasteiger partial charge in [0.25, 0.3) is 0 Å². The molecule has 4 nitrogen and oxygen atoms in total. The molecule has 0 fully saturated rings. The predicted molar refractivity (Wildman–Crippen MR) is 85.3 cm³/mol. The van der Waals surface area contributed by atoms with E-state index in [0.29, 0.717) is 27.7 Å². The van der Waals surface area contributed by atoms with Crippen molar-refractivity contribution in [2.75, 3.05) is 10.6 Å². The molecule has 0 aliphatic heterocycles. The van der Waals surface area contributed by atoms with Crippen LogP contribution in [0.15, 0.2) is 24.3 Å². The monoisotopic (exact) mass is 310 g/mol. The molecule has 0 atom stereocenters. The molecule has 0 bridgehead atoms. The predicted octanol–water partition coefficient (Wildman–Crippen LogP) is 4.66. The summed E-state index contributed by atoms with van der Waals surface area (Å²) in [6, 6.07) is 7.43. The fourth-order valence-electron chi connectivity index (χ4n) is 1.73. The zero-order chi connectivity index (χ0) is 14.7. The van der Waals surface area contributed by atoms with E-state index in [1.807, 2.05) is 19.1 Å². The Bertz CT molecular complexity index is 614. The van der Waals surface area contributed by atoms with Crippen LogP contribution in [0.25, 0.3) is 0 Å². The molecule has 20 heavy (non-hydrogen) atoms. The number of anilines is 3. The topological polar surface area (TPSA) is 49.8 Å². The van der Waals surface area contributed by atoms with Crippen molar-refractivity contribution in [3.05, 3.63) is 40.1 Å². The first-order chi connectivity index (χ1) is 9.44. The van der Waals surface area contributed by atoms with Crippen LogP contribution < -0.4 is 10.6 Å². The Hall–Kier alpha value is -1.52. The lowest BCUT2D eigenvalue weighted by molar-refractivity contribution is 0.881. The molecule has 1 aromatic heterocycles. The van der Waals surface area contributed by atoms with Gasteiger partial charge in [0.05, 0.1) is 10.7 Å². The lowest BCUT2D eigenvalue weighted by Crippen LogP contribution is -2.12. The average Bonchev–Trinajstić information content (AvgIpc) is 2.31. The molecule has 1 aromatic carbocycles. The van der Waals surface area contributed by atoms with Crippen molar-refractivity contribution in [3.63, 3.8) is 0 Å². The molecule has 0 radical (unpaired) electrons. The van der Waals surface area contributed by atoms with Gasteiger partial charge in [0.2, 0.25) is 0 Å². The van der Waals surface area contributed by atoms with Crippen molar-refractivity contribution >= 4 is 40.5 Å². The number of rotatable bonds is 4. The molecule has 2 N–H and O–H groups in total. The van der Waals surface area contributed by atoms with E-state index in [2.05, 4.69) is 34.4 Å². The Kier molecular flexibility index (Phi) is 4.68. The molecular weight excluding hydrogens is 295 g/mol. The molecule has 2 rings (SSSR count). The Labute approximate surface area is 128 Å². The third-order valence-electron chi connectivity index (χ3n) is 2.47. The minimum Gasteiger partial charge on any atom is -0.368 e. The van der Waals surface area contributed by atoms with Gasteiger partial charge in [-0.1, -0.05) is 23.2 Å². The summed E-state index contributed by atoms with van der Waals surface area (Å²) in [6.07, 6.45) is 0. The first-order valence-electron chi connectivity index (χ1n) is 6.28. The Morgan fingerprint density at radius 3 is 2.40 bits per heavy atom. The highest BCUT2D eigenvalue weighted by Crippen LogP contribution is 2.28. The van der Waals surface area contributed by atoms with E-state index in [9.17, 15) is 0 Å². The van der Waals surface area contributed by atoms with Crippen LogP contribution in [0.1, 0.15) is 19.7 Å². The molecule has 2 aromatic rings. The zero-order valence-electron chi connectivity index (χ0n) is 11.5. The summed E-state index contributed by atoms with van der Waals surface area (Å²) in [7, 11) is 0. The van der Waals surface area contributed by atoms with E-state index >= 15 is 0 Å². The summed E-state index contributed by atoms with van der Waals surface area (Å²) in [4.78, 5) is 8.68. The lowest BCUT2D eigenvalue weighted by Gasteiger charge is -2.13. The number of hydrogen-bond donors (Lipinski definition) is 2. The molecule has 0 saturated carbocycles. The van der Waals surface area contributed by atoms with Gasteiger partial charge in [0.1, 0.15) is 17.5 Å². The quantitative estimate of drug-likeness (QED) is 0.862. The van der Waals surface area contributed by atoms with E-state index in [4.69, 9.17) is 23.2 Å². The number of halogens is 2. The third kappa shape index (κ3) is 3.99. The molecule has 6 heteroatoms. The summed E-state index contributed by atoms with van der Waals surface area (Å²) in [5.74, 6) is 2.15. The number of aryl methyl sites for hydroxylation is 1. The van der Waals surface area contributed by atoms with Crippen molar-refractivity contribution in [2.45, 2.75) is 26.8 Å². The molecule has 0 saturated heterocycles. The lowest BCUT2D eigenvalue weighted by atomic mass is 10.3. The summed E-state index contributed by atoms with van der Waals surface area (Å²) in [5.41, 5.74) is 0.754. The van der Waals surface area contributed by atoms with Gasteiger partial charge in [0, 0.05) is 17.1 Å². The zero-order valence-corrected chi connectivity index (χ0v) is 13.0. The number of nitrogens with zero attached hydrogens (tertiary/aromatic N) is 2. The van der Waals surface area contributed by atoms with Gasteiger partial charge < -0.3 is 10.6 Å². The second-order valence-electron chi connectivity index (χ2n) is 4.73. The highest BCUT2D eigenvalue weighted by molar-refractivity contribution is 6.36. The standard InChI is InChI=1S/C14H16Cl2N4/c1-8(2)17-13-7-14(19-9(3)18-13)20-12-5-4-10(15)6-11(12)16/h4-8H,1-3H3,(H2,17,18,19,20). The number of aromatic nitrogens is 2. The molecule has 1 heterocycles. The Morgan fingerprint density at radius 2 is 1.75 bits per heavy atom. The Morgan fingerprint density at radius 1 is 1.05 bits per heavy atom. The fourth-order valence-corrected chi connectivity index (χ4v) is 2.19. The normalized spacial score (nSPS) is 10.7. The first kappa shape index (κ1) is 14.9. The molecule has 106 valence electrons. The number of hydrogen-bond acceptors (Lipinski definition) is 4. The summed E-state index contributed by atoms with van der Waals surface area (Å²) < 4.78 is 0. The Balaban J connectivity index is 2.26. The minimum atomic E-state index is 0.302. The van der Waals surface area contributed by atoms with Crippen LogP contribution in [-0.4, -0.2) is 16.0 Å². The molecule has 0 aliphatic rings. The maximum absolute atomic E-state index is 6.14. The van der Waals surface area contributed by atoms with Gasteiger partial charge in [-0.3, -0.25) is 0 Å². The smallest absolute Gasteiger partial charge is 0.136 e. The summed E-state index contributed by atoms with van der Waals surface area (Å²) in [5, 5.41) is 7.57. The average molecular weight is 311 g/mol. The van der Waals surface area contributed by atoms with Gasteiger partial charge in [-0.15, -0.1) is 0 Å². The molecule has 0 aliphatic carbocycles. The van der Waals surface area contributed by atoms with Gasteiger partial charge in [-0.2, -0.15) is 0 Å². The largest absolute Gasteiger partial charge is 0.368 e. The number of benzene rings is 1. The fraction of sp³-hybridized carbons (Fsp3) is 0.286. The van der Waals surface area contributed by atoms with Crippen molar-refractivity contribution in [3.8, 4) is 0 Å². The van der Waals surface area contributed by atoms with Crippen LogP contribution >= 0.6 is 23.2 Å². The van der Waals surface area contributed by atoms with Crippen molar-refractivity contribution in [2.24, 2.45) is 0 Å². The third-order valence-corrected chi connectivity index (χ3v) is 3.02. The SMILES string of the molecule is Cc1nc(Nc2ccc(Cl)cc2Cl)cc(NC(C)C)n1. The number of nitrogens with one attached hydrogen (secondary N) is 2. The van der Waals surface area contributed by atoms with E-state index in [0.717, 1.165) is 11.5 Å². The molecular formula is C14H16Cl2N4. The molecule has 0 amide bonds. The van der Waals surface area contributed by atoms with Crippen LogP contribution in [0.5, 0.6) is 0 Å². The van der Waals surface area contributed by atoms with Crippen molar-refractivity contribution < 1.29 is 0 Å². The van der Waals surface area contributed by atoms with Gasteiger partial charge in [0.15, 0.2) is 0 Å². The van der Waals surface area contributed by atoms with Crippen molar-refractivity contribution in [1.82, 2.24) is 9.97 Å². The van der Waals surface area contributed by atoms with Crippen LogP contribution in [0.3, 0.4) is 0 Å². The highest BCUT2D eigenvalue weighted by Gasteiger charge is 2.06. The summed E-state index contributed by atoms with van der Waals surface area (Å²) >= 11 is 12.0. The van der Waals surface area contributed by atoms with E-state index in [1.54, 1.807) is 12.1 Å².